The van der Waals surface area contributed by atoms with E-state index in [2.05, 4.69) is 15.5 Å². The Hall–Kier alpha value is -1.01. The van der Waals surface area contributed by atoms with Crippen molar-refractivity contribution in [3.63, 3.8) is 0 Å². The number of aromatic nitrogens is 4. The fourth-order valence-electron chi connectivity index (χ4n) is 1.30. The highest BCUT2D eigenvalue weighted by atomic mass is 16.5. The predicted octanol–water partition coefficient (Wildman–Crippen LogP) is -1.31. The molecule has 66 valence electrons. The molecular formula is C6H10N4O2. The van der Waals surface area contributed by atoms with E-state index in [1.165, 1.54) is 0 Å². The molecule has 1 aliphatic heterocycles. The molecule has 0 spiro atoms. The van der Waals surface area contributed by atoms with Crippen LogP contribution in [0.15, 0.2) is 0 Å². The van der Waals surface area contributed by atoms with Gasteiger partial charge < -0.3 is 10.2 Å². The van der Waals surface area contributed by atoms with Gasteiger partial charge in [-0.25, -0.2) is 4.68 Å². The number of aryl methyl sites for hydroxylation is 2. The van der Waals surface area contributed by atoms with E-state index in [-0.39, 0.29) is 6.42 Å². The molecule has 0 aliphatic carbocycles. The van der Waals surface area contributed by atoms with E-state index in [1.807, 2.05) is 0 Å². The Morgan fingerprint density at radius 3 is 3.00 bits per heavy atom. The van der Waals surface area contributed by atoms with Gasteiger partial charge in [-0.15, -0.1) is 5.10 Å². The lowest BCUT2D eigenvalue weighted by Crippen LogP contribution is -2.28. The summed E-state index contributed by atoms with van der Waals surface area (Å²) in [5.41, 5.74) is 0. The van der Waals surface area contributed by atoms with Crippen LogP contribution in [-0.2, 0) is 13.0 Å². The monoisotopic (exact) mass is 170 g/mol. The molecule has 1 aromatic heterocycles. The molecule has 0 fully saturated rings. The van der Waals surface area contributed by atoms with Gasteiger partial charge in [-0.3, -0.25) is 0 Å². The molecule has 0 amide bonds. The van der Waals surface area contributed by atoms with Crippen LogP contribution in [-0.4, -0.2) is 36.2 Å². The van der Waals surface area contributed by atoms with Gasteiger partial charge in [0.05, 0.1) is 0 Å². The van der Waals surface area contributed by atoms with Crippen LogP contribution in [0.5, 0.6) is 0 Å². The lowest BCUT2D eigenvalue weighted by molar-refractivity contribution is -0.169. The van der Waals surface area contributed by atoms with E-state index in [9.17, 15) is 10.2 Å². The van der Waals surface area contributed by atoms with Gasteiger partial charge in [0.25, 0.3) is 0 Å². The Morgan fingerprint density at radius 1 is 1.33 bits per heavy atom. The molecule has 0 bridgehead atoms. The molecule has 12 heavy (non-hydrogen) atoms. The van der Waals surface area contributed by atoms with Gasteiger partial charge >= 0.3 is 0 Å². The zero-order valence-electron chi connectivity index (χ0n) is 6.51. The summed E-state index contributed by atoms with van der Waals surface area (Å²) < 4.78 is 1.61. The molecule has 1 aliphatic rings. The lowest BCUT2D eigenvalue weighted by Gasteiger charge is -2.17. The second-order valence-electron chi connectivity index (χ2n) is 3.05. The number of tetrazole rings is 1. The molecule has 0 atom stereocenters. The van der Waals surface area contributed by atoms with Crippen LogP contribution in [0, 0.1) is 0 Å². The van der Waals surface area contributed by atoms with E-state index in [4.69, 9.17) is 0 Å². The Morgan fingerprint density at radius 2 is 2.17 bits per heavy atom. The first kappa shape index (κ1) is 7.63. The smallest absolute Gasteiger partial charge is 0.164 e. The minimum atomic E-state index is -1.57. The van der Waals surface area contributed by atoms with Crippen LogP contribution in [0.1, 0.15) is 18.7 Å². The number of nitrogens with zero attached hydrogens (tertiary/aromatic N) is 4. The maximum atomic E-state index is 9.31. The summed E-state index contributed by atoms with van der Waals surface area (Å²) in [6.45, 7) is 0.468. The summed E-state index contributed by atoms with van der Waals surface area (Å²) in [6, 6.07) is 0. The second-order valence-corrected chi connectivity index (χ2v) is 3.05. The highest BCUT2D eigenvalue weighted by Crippen LogP contribution is 2.18. The molecule has 2 rings (SSSR count). The molecule has 0 radical (unpaired) electrons. The summed E-state index contributed by atoms with van der Waals surface area (Å²) in [5.74, 6) is -0.845. The van der Waals surface area contributed by atoms with Gasteiger partial charge in [0.2, 0.25) is 0 Å². The first-order chi connectivity index (χ1) is 5.67. The quantitative estimate of drug-likeness (QED) is 0.472. The Labute approximate surface area is 68.8 Å². The third kappa shape index (κ3) is 1.30. The minimum absolute atomic E-state index is 0.283. The van der Waals surface area contributed by atoms with Crippen LogP contribution in [0.25, 0.3) is 0 Å². The Kier molecular flexibility index (Phi) is 1.59. The largest absolute Gasteiger partial charge is 0.366 e. The number of fused-ring (bicyclic) bond motifs is 1. The molecule has 0 saturated carbocycles. The predicted molar refractivity (Wildman–Crippen MR) is 37.9 cm³/mol. The van der Waals surface area contributed by atoms with Gasteiger partial charge in [0, 0.05) is 25.8 Å². The van der Waals surface area contributed by atoms with Gasteiger partial charge in [-0.2, -0.15) is 0 Å². The van der Waals surface area contributed by atoms with Gasteiger partial charge in [0.1, 0.15) is 0 Å². The van der Waals surface area contributed by atoms with Crippen LogP contribution in [0.4, 0.5) is 0 Å². The van der Waals surface area contributed by atoms with E-state index in [0.29, 0.717) is 19.4 Å². The number of rotatable bonds is 0. The van der Waals surface area contributed by atoms with Crippen molar-refractivity contribution < 1.29 is 10.2 Å². The van der Waals surface area contributed by atoms with Crippen molar-refractivity contribution in [1.82, 2.24) is 20.2 Å². The minimum Gasteiger partial charge on any atom is -0.366 e. The topological polar surface area (TPSA) is 84.1 Å². The number of hydrogen-bond donors (Lipinski definition) is 2. The normalized spacial score (nSPS) is 21.5. The maximum absolute atomic E-state index is 9.31. The zero-order chi connectivity index (χ0) is 8.60. The van der Waals surface area contributed by atoms with E-state index in [1.54, 1.807) is 4.68 Å². The molecule has 0 aromatic carbocycles. The van der Waals surface area contributed by atoms with Crippen LogP contribution < -0.4 is 0 Å². The Bertz CT molecular complexity index is 258. The molecule has 2 N–H and O–H groups in total. The highest BCUT2D eigenvalue weighted by molar-refractivity contribution is 4.87. The Balaban J connectivity index is 2.21. The van der Waals surface area contributed by atoms with E-state index >= 15 is 0 Å². The first-order valence-corrected chi connectivity index (χ1v) is 3.87. The van der Waals surface area contributed by atoms with Crippen LogP contribution >= 0.6 is 0 Å². The summed E-state index contributed by atoms with van der Waals surface area (Å²) in [7, 11) is 0. The van der Waals surface area contributed by atoms with Gasteiger partial charge in [-0.1, -0.05) is 0 Å². The average molecular weight is 170 g/mol. The second kappa shape index (κ2) is 2.49. The summed E-state index contributed by atoms with van der Waals surface area (Å²) in [4.78, 5) is 0. The van der Waals surface area contributed by atoms with E-state index < -0.39 is 5.79 Å². The molecule has 0 saturated heterocycles. The van der Waals surface area contributed by atoms with Crippen molar-refractivity contribution in [2.75, 3.05) is 0 Å². The standard InChI is InChI=1S/C6H10N4O2/c11-6(12)2-1-5-7-8-9-10(5)4-3-6/h11-12H,1-4H2. The zero-order valence-corrected chi connectivity index (χ0v) is 6.51. The molecule has 2 heterocycles. The highest BCUT2D eigenvalue weighted by Gasteiger charge is 2.27. The van der Waals surface area contributed by atoms with Crippen molar-refractivity contribution in [1.29, 1.82) is 0 Å². The molecule has 1 aromatic rings. The van der Waals surface area contributed by atoms with Crippen molar-refractivity contribution in [3.8, 4) is 0 Å². The van der Waals surface area contributed by atoms with Crippen molar-refractivity contribution in [3.05, 3.63) is 5.82 Å². The van der Waals surface area contributed by atoms with E-state index in [0.717, 1.165) is 5.82 Å². The van der Waals surface area contributed by atoms with Crippen LogP contribution in [0.2, 0.25) is 0 Å². The third-order valence-corrected chi connectivity index (χ3v) is 2.08. The average Bonchev–Trinajstić information content (AvgIpc) is 2.40. The van der Waals surface area contributed by atoms with Crippen molar-refractivity contribution in [2.45, 2.75) is 31.6 Å². The molecule has 0 unspecified atom stereocenters. The molecular weight excluding hydrogens is 160 g/mol. The number of aliphatic hydroxyl groups is 2. The maximum Gasteiger partial charge on any atom is 0.164 e. The molecule has 6 heteroatoms. The first-order valence-electron chi connectivity index (χ1n) is 3.87. The fraction of sp³-hybridized carbons (Fsp3) is 0.833. The summed E-state index contributed by atoms with van der Waals surface area (Å²) >= 11 is 0. The van der Waals surface area contributed by atoms with Gasteiger partial charge in [0.15, 0.2) is 11.6 Å². The SMILES string of the molecule is OC1(O)CCc2nnnn2CC1. The number of hydrogen-bond acceptors (Lipinski definition) is 5. The lowest BCUT2D eigenvalue weighted by atomic mass is 10.1. The van der Waals surface area contributed by atoms with Crippen LogP contribution in [0.3, 0.4) is 0 Å². The third-order valence-electron chi connectivity index (χ3n) is 2.08. The van der Waals surface area contributed by atoms with Crippen molar-refractivity contribution in [2.24, 2.45) is 0 Å². The molecule has 6 nitrogen and oxygen atoms in total. The fourth-order valence-corrected chi connectivity index (χ4v) is 1.30. The van der Waals surface area contributed by atoms with Gasteiger partial charge in [-0.05, 0) is 10.4 Å². The van der Waals surface area contributed by atoms with Crippen molar-refractivity contribution >= 4 is 0 Å². The summed E-state index contributed by atoms with van der Waals surface area (Å²) in [5, 5.41) is 29.6. The summed E-state index contributed by atoms with van der Waals surface area (Å²) in [6.07, 6.45) is 1.10.